The summed E-state index contributed by atoms with van der Waals surface area (Å²) in [6, 6.07) is 1.66. The molecule has 5 N–H and O–H groups in total. The maximum Gasteiger partial charge on any atom is 0.405 e. The minimum atomic E-state index is -0.975. The lowest BCUT2D eigenvalue weighted by Crippen LogP contribution is -2.47. The van der Waals surface area contributed by atoms with Crippen molar-refractivity contribution in [3.63, 3.8) is 0 Å². The van der Waals surface area contributed by atoms with Crippen LogP contribution in [0, 0.1) is 0 Å². The van der Waals surface area contributed by atoms with Gasteiger partial charge < -0.3 is 21.5 Å². The SMILES string of the molecule is CC(C)(C)NC(=O)O.CC1CC(N)CC(C)N1. The van der Waals surface area contributed by atoms with Crippen molar-refractivity contribution >= 4 is 6.09 Å². The molecule has 5 heteroatoms. The Morgan fingerprint density at radius 2 is 1.71 bits per heavy atom. The van der Waals surface area contributed by atoms with Gasteiger partial charge in [-0.05, 0) is 47.5 Å². The largest absolute Gasteiger partial charge is 0.465 e. The van der Waals surface area contributed by atoms with Crippen LogP contribution in [-0.2, 0) is 0 Å². The lowest BCUT2D eigenvalue weighted by molar-refractivity contribution is 0.184. The number of nitrogens with two attached hydrogens (primary N) is 1. The molecule has 1 amide bonds. The second-order valence-corrected chi connectivity index (χ2v) is 5.88. The molecule has 102 valence electrons. The van der Waals surface area contributed by atoms with Gasteiger partial charge in [0, 0.05) is 23.7 Å². The summed E-state index contributed by atoms with van der Waals surface area (Å²) in [4.78, 5) is 9.90. The Hall–Kier alpha value is -0.810. The van der Waals surface area contributed by atoms with E-state index in [0.29, 0.717) is 18.1 Å². The summed E-state index contributed by atoms with van der Waals surface area (Å²) < 4.78 is 0. The lowest BCUT2D eigenvalue weighted by atomic mass is 9.96. The summed E-state index contributed by atoms with van der Waals surface area (Å²) in [6.07, 6.45) is 1.28. The Bertz CT molecular complexity index is 213. The van der Waals surface area contributed by atoms with Gasteiger partial charge in [0.2, 0.25) is 0 Å². The molecule has 0 aromatic carbocycles. The van der Waals surface area contributed by atoms with Crippen LogP contribution in [0.25, 0.3) is 0 Å². The number of amides is 1. The molecule has 1 saturated heterocycles. The van der Waals surface area contributed by atoms with E-state index in [1.807, 2.05) is 0 Å². The highest BCUT2D eigenvalue weighted by atomic mass is 16.4. The summed E-state index contributed by atoms with van der Waals surface area (Å²) in [7, 11) is 0. The first-order chi connectivity index (χ1) is 7.60. The summed E-state index contributed by atoms with van der Waals surface area (Å²) in [5, 5.41) is 13.9. The van der Waals surface area contributed by atoms with Gasteiger partial charge >= 0.3 is 6.09 Å². The molecule has 17 heavy (non-hydrogen) atoms. The quantitative estimate of drug-likeness (QED) is 0.521. The first-order valence-corrected chi connectivity index (χ1v) is 6.13. The molecule has 1 aliphatic heterocycles. The van der Waals surface area contributed by atoms with Gasteiger partial charge in [-0.1, -0.05) is 0 Å². The van der Waals surface area contributed by atoms with Crippen molar-refractivity contribution in [2.45, 2.75) is 71.1 Å². The molecule has 2 atom stereocenters. The van der Waals surface area contributed by atoms with Crippen LogP contribution in [-0.4, -0.2) is 34.9 Å². The van der Waals surface area contributed by atoms with Crippen molar-refractivity contribution in [3.05, 3.63) is 0 Å². The predicted molar refractivity (Wildman–Crippen MR) is 70.2 cm³/mol. The molecule has 5 nitrogen and oxygen atoms in total. The summed E-state index contributed by atoms with van der Waals surface area (Å²) in [5.41, 5.74) is 5.45. The Morgan fingerprint density at radius 1 is 1.29 bits per heavy atom. The molecule has 2 unspecified atom stereocenters. The third-order valence-electron chi connectivity index (χ3n) is 2.36. The molecule has 0 aromatic rings. The standard InChI is InChI=1S/C7H16N2.C5H11NO2/c1-5-3-7(8)4-6(2)9-5;1-5(2,3)6-4(7)8/h5-7,9H,3-4,8H2,1-2H3;6H,1-3H3,(H,7,8). The molecule has 1 fully saturated rings. The molecule has 1 rings (SSSR count). The zero-order valence-electron chi connectivity index (χ0n) is 11.6. The zero-order valence-corrected chi connectivity index (χ0v) is 11.6. The molecular formula is C12H27N3O2. The number of hydrogen-bond acceptors (Lipinski definition) is 3. The van der Waals surface area contributed by atoms with E-state index in [1.165, 1.54) is 0 Å². The number of carboxylic acid groups (broad SMARTS) is 1. The van der Waals surface area contributed by atoms with Crippen molar-refractivity contribution in [1.29, 1.82) is 0 Å². The average molecular weight is 245 g/mol. The number of carbonyl (C=O) groups is 1. The Morgan fingerprint density at radius 3 is 1.88 bits per heavy atom. The highest BCUT2D eigenvalue weighted by Crippen LogP contribution is 2.10. The molecule has 1 aliphatic rings. The highest BCUT2D eigenvalue weighted by molar-refractivity contribution is 5.65. The number of hydrogen-bond donors (Lipinski definition) is 4. The van der Waals surface area contributed by atoms with Gasteiger partial charge in [-0.3, -0.25) is 0 Å². The van der Waals surface area contributed by atoms with Crippen LogP contribution < -0.4 is 16.4 Å². The van der Waals surface area contributed by atoms with Crippen LogP contribution >= 0.6 is 0 Å². The smallest absolute Gasteiger partial charge is 0.405 e. The molecular weight excluding hydrogens is 218 g/mol. The Labute approximate surface area is 104 Å². The summed E-state index contributed by atoms with van der Waals surface area (Å²) >= 11 is 0. The third-order valence-corrected chi connectivity index (χ3v) is 2.36. The second kappa shape index (κ2) is 6.81. The minimum Gasteiger partial charge on any atom is -0.465 e. The van der Waals surface area contributed by atoms with Gasteiger partial charge in [0.05, 0.1) is 0 Å². The Kier molecular flexibility index (Phi) is 6.49. The van der Waals surface area contributed by atoms with E-state index in [1.54, 1.807) is 20.8 Å². The van der Waals surface area contributed by atoms with Crippen LogP contribution in [0.5, 0.6) is 0 Å². The van der Waals surface area contributed by atoms with Crippen molar-refractivity contribution in [3.8, 4) is 0 Å². The van der Waals surface area contributed by atoms with E-state index in [2.05, 4.69) is 24.5 Å². The molecule has 0 saturated carbocycles. The van der Waals surface area contributed by atoms with Gasteiger partial charge in [-0.15, -0.1) is 0 Å². The molecule has 0 spiro atoms. The van der Waals surface area contributed by atoms with Crippen LogP contribution in [0.15, 0.2) is 0 Å². The topological polar surface area (TPSA) is 87.4 Å². The molecule has 1 heterocycles. The first-order valence-electron chi connectivity index (χ1n) is 6.13. The van der Waals surface area contributed by atoms with E-state index in [0.717, 1.165) is 12.8 Å². The van der Waals surface area contributed by atoms with Crippen molar-refractivity contribution in [2.24, 2.45) is 5.73 Å². The first kappa shape index (κ1) is 16.2. The van der Waals surface area contributed by atoms with E-state index in [-0.39, 0.29) is 5.54 Å². The van der Waals surface area contributed by atoms with Gasteiger partial charge in [0.15, 0.2) is 0 Å². The van der Waals surface area contributed by atoms with Crippen molar-refractivity contribution < 1.29 is 9.90 Å². The van der Waals surface area contributed by atoms with Crippen LogP contribution in [0.1, 0.15) is 47.5 Å². The lowest BCUT2D eigenvalue weighted by Gasteiger charge is -2.30. The Balaban J connectivity index is 0.000000304. The molecule has 0 aromatic heterocycles. The number of piperidine rings is 1. The van der Waals surface area contributed by atoms with E-state index in [9.17, 15) is 4.79 Å². The fraction of sp³-hybridized carbons (Fsp3) is 0.917. The van der Waals surface area contributed by atoms with E-state index >= 15 is 0 Å². The monoisotopic (exact) mass is 245 g/mol. The third kappa shape index (κ3) is 10.1. The number of rotatable bonds is 0. The van der Waals surface area contributed by atoms with E-state index < -0.39 is 6.09 Å². The van der Waals surface area contributed by atoms with Crippen LogP contribution in [0.2, 0.25) is 0 Å². The minimum absolute atomic E-state index is 0.328. The maximum absolute atomic E-state index is 9.90. The predicted octanol–water partition coefficient (Wildman–Crippen LogP) is 1.53. The molecule has 0 aliphatic carbocycles. The zero-order chi connectivity index (χ0) is 13.6. The second-order valence-electron chi connectivity index (χ2n) is 5.88. The van der Waals surface area contributed by atoms with Gasteiger partial charge in [0.25, 0.3) is 0 Å². The molecule has 0 bridgehead atoms. The van der Waals surface area contributed by atoms with Crippen molar-refractivity contribution in [1.82, 2.24) is 10.6 Å². The summed E-state index contributed by atoms with van der Waals surface area (Å²) in [6.45, 7) is 9.76. The fourth-order valence-corrected chi connectivity index (χ4v) is 1.95. The van der Waals surface area contributed by atoms with Crippen molar-refractivity contribution in [2.75, 3.05) is 0 Å². The fourth-order valence-electron chi connectivity index (χ4n) is 1.95. The van der Waals surface area contributed by atoms with Gasteiger partial charge in [-0.2, -0.15) is 0 Å². The molecule has 0 radical (unpaired) electrons. The summed E-state index contributed by atoms with van der Waals surface area (Å²) in [5.74, 6) is 0. The van der Waals surface area contributed by atoms with E-state index in [4.69, 9.17) is 10.8 Å². The van der Waals surface area contributed by atoms with Crippen LogP contribution in [0.4, 0.5) is 4.79 Å². The highest BCUT2D eigenvalue weighted by Gasteiger charge is 2.19. The van der Waals surface area contributed by atoms with Gasteiger partial charge in [-0.25, -0.2) is 4.79 Å². The van der Waals surface area contributed by atoms with Crippen LogP contribution in [0.3, 0.4) is 0 Å². The number of nitrogens with one attached hydrogen (secondary N) is 2. The van der Waals surface area contributed by atoms with Gasteiger partial charge in [0.1, 0.15) is 0 Å². The maximum atomic E-state index is 9.90. The average Bonchev–Trinajstić information content (AvgIpc) is 1.95. The normalized spacial score (nSPS) is 28.9.